The average molecular weight is 423 g/mol. The fraction of sp³-hybridized carbons (Fsp3) is 0.478. The molecule has 0 saturated carbocycles. The van der Waals surface area contributed by atoms with Crippen molar-refractivity contribution in [1.82, 2.24) is 29.9 Å². The molecular weight excluding hydrogens is 392 g/mol. The molecular formula is C23H30N6O2. The zero-order chi connectivity index (χ0) is 22.0. The maximum absolute atomic E-state index is 13.2. The van der Waals surface area contributed by atoms with Gasteiger partial charge in [-0.2, -0.15) is 10.2 Å². The first kappa shape index (κ1) is 21.2. The minimum atomic E-state index is -0.180. The van der Waals surface area contributed by atoms with Gasteiger partial charge >= 0.3 is 0 Å². The molecule has 8 heteroatoms. The van der Waals surface area contributed by atoms with Crippen molar-refractivity contribution >= 4 is 5.91 Å². The first-order valence-corrected chi connectivity index (χ1v) is 10.8. The predicted octanol–water partition coefficient (Wildman–Crippen LogP) is 3.18. The number of aryl methyl sites for hydroxylation is 5. The molecule has 0 spiro atoms. The number of aromatic nitrogens is 5. The van der Waals surface area contributed by atoms with E-state index < -0.39 is 0 Å². The van der Waals surface area contributed by atoms with Crippen LogP contribution in [0.5, 0.6) is 0 Å². The maximum atomic E-state index is 13.2. The van der Waals surface area contributed by atoms with E-state index in [-0.39, 0.29) is 18.1 Å². The number of H-pyrrole nitrogens is 1. The van der Waals surface area contributed by atoms with E-state index in [0.29, 0.717) is 38.4 Å². The molecule has 3 aromatic rings. The Kier molecular flexibility index (Phi) is 6.18. The zero-order valence-corrected chi connectivity index (χ0v) is 18.6. The Hall–Kier alpha value is -3.00. The Balaban J connectivity index is 1.44. The zero-order valence-electron chi connectivity index (χ0n) is 18.6. The Bertz CT molecular complexity index is 1060. The van der Waals surface area contributed by atoms with Crippen molar-refractivity contribution in [3.05, 3.63) is 64.5 Å². The lowest BCUT2D eigenvalue weighted by atomic mass is 10.1. The summed E-state index contributed by atoms with van der Waals surface area (Å²) in [4.78, 5) is 19.5. The number of aromatic amines is 1. The largest absolute Gasteiger partial charge is 0.372 e. The number of amides is 1. The van der Waals surface area contributed by atoms with Gasteiger partial charge in [0.25, 0.3) is 0 Å². The van der Waals surface area contributed by atoms with Crippen LogP contribution in [0.25, 0.3) is 0 Å². The molecule has 0 aliphatic carbocycles. The van der Waals surface area contributed by atoms with Gasteiger partial charge in [-0.1, -0.05) is 29.8 Å². The summed E-state index contributed by atoms with van der Waals surface area (Å²) in [7, 11) is 0. The summed E-state index contributed by atoms with van der Waals surface area (Å²) in [6.45, 7) is 9.54. The van der Waals surface area contributed by atoms with Gasteiger partial charge in [0.05, 0.1) is 24.4 Å². The summed E-state index contributed by atoms with van der Waals surface area (Å²) >= 11 is 0. The molecule has 1 aliphatic heterocycles. The normalized spacial score (nSPS) is 18.6. The van der Waals surface area contributed by atoms with Crippen molar-refractivity contribution in [2.24, 2.45) is 0 Å². The monoisotopic (exact) mass is 422 g/mol. The summed E-state index contributed by atoms with van der Waals surface area (Å²) in [5.74, 6) is 1.47. The van der Waals surface area contributed by atoms with Crippen molar-refractivity contribution in [2.45, 2.75) is 65.8 Å². The van der Waals surface area contributed by atoms with Crippen LogP contribution in [0.1, 0.15) is 53.0 Å². The maximum Gasteiger partial charge on any atom is 0.225 e. The highest BCUT2D eigenvalue weighted by Crippen LogP contribution is 2.33. The Morgan fingerprint density at radius 3 is 2.74 bits per heavy atom. The molecule has 8 nitrogen and oxygen atoms in total. The van der Waals surface area contributed by atoms with Crippen molar-refractivity contribution in [3.8, 4) is 0 Å². The minimum Gasteiger partial charge on any atom is -0.372 e. The van der Waals surface area contributed by atoms with E-state index in [1.807, 2.05) is 42.5 Å². The number of ether oxygens (including phenoxy) is 1. The highest BCUT2D eigenvalue weighted by molar-refractivity contribution is 5.77. The highest BCUT2D eigenvalue weighted by Gasteiger charge is 2.38. The molecule has 3 heterocycles. The molecule has 1 fully saturated rings. The number of carbonyl (C=O) groups excluding carboxylic acids is 1. The Labute approximate surface area is 182 Å². The van der Waals surface area contributed by atoms with Crippen LogP contribution in [-0.2, 0) is 22.7 Å². The first-order chi connectivity index (χ1) is 14.9. The lowest BCUT2D eigenvalue weighted by molar-refractivity contribution is -0.133. The molecule has 1 N–H and O–H groups in total. The Morgan fingerprint density at radius 2 is 2.06 bits per heavy atom. The number of likely N-dealkylation sites (tertiary alicyclic amines) is 1. The highest BCUT2D eigenvalue weighted by atomic mass is 16.5. The topological polar surface area (TPSA) is 88.9 Å². The number of carbonyl (C=O) groups is 1. The summed E-state index contributed by atoms with van der Waals surface area (Å²) in [5, 5.41) is 11.7. The average Bonchev–Trinajstić information content (AvgIpc) is 3.43. The van der Waals surface area contributed by atoms with Gasteiger partial charge in [-0.3, -0.25) is 14.6 Å². The number of nitrogens with zero attached hydrogens (tertiary/aromatic N) is 5. The second-order valence-corrected chi connectivity index (χ2v) is 8.40. The summed E-state index contributed by atoms with van der Waals surface area (Å²) in [6, 6.07) is 10.1. The third-order valence-electron chi connectivity index (χ3n) is 5.70. The first-order valence-electron chi connectivity index (χ1n) is 10.8. The third-order valence-corrected chi connectivity index (χ3v) is 5.70. The van der Waals surface area contributed by atoms with Gasteiger partial charge < -0.3 is 9.64 Å². The van der Waals surface area contributed by atoms with Gasteiger partial charge in [-0.05, 0) is 39.3 Å². The quantitative estimate of drug-likeness (QED) is 0.632. The van der Waals surface area contributed by atoms with E-state index in [4.69, 9.17) is 4.74 Å². The minimum absolute atomic E-state index is 0.0537. The standard InChI is InChI=1S/C23H30N6O2/c1-15-6-5-7-19(10-15)14-31-20-12-21(23-24-18(4)25-26-23)28(13-20)22(30)8-9-29-17(3)11-16(2)27-29/h5-7,10-11,20-21H,8-9,12-14H2,1-4H3,(H,24,25,26)/t20-,21-/m0/s1. The van der Waals surface area contributed by atoms with Crippen molar-refractivity contribution in [3.63, 3.8) is 0 Å². The van der Waals surface area contributed by atoms with Gasteiger partial charge in [-0.25, -0.2) is 4.98 Å². The molecule has 4 rings (SSSR count). The SMILES string of the molecule is Cc1cccc(CO[C@H]2C[C@@H](c3n[nH]c(C)n3)N(C(=O)CCn3nc(C)cc3C)C2)c1. The van der Waals surface area contributed by atoms with Crippen molar-refractivity contribution in [1.29, 1.82) is 0 Å². The van der Waals surface area contributed by atoms with Crippen molar-refractivity contribution in [2.75, 3.05) is 6.54 Å². The van der Waals surface area contributed by atoms with Crippen LogP contribution in [-0.4, -0.2) is 48.4 Å². The van der Waals surface area contributed by atoms with E-state index in [0.717, 1.165) is 22.8 Å². The third kappa shape index (κ3) is 5.02. The van der Waals surface area contributed by atoms with Crippen LogP contribution in [0, 0.1) is 27.7 Å². The molecule has 164 valence electrons. The molecule has 31 heavy (non-hydrogen) atoms. The van der Waals surface area contributed by atoms with Crippen LogP contribution in [0.2, 0.25) is 0 Å². The van der Waals surface area contributed by atoms with Gasteiger partial charge in [0.15, 0.2) is 5.82 Å². The van der Waals surface area contributed by atoms with Crippen LogP contribution in [0.3, 0.4) is 0 Å². The van der Waals surface area contributed by atoms with E-state index in [2.05, 4.69) is 45.4 Å². The van der Waals surface area contributed by atoms with E-state index >= 15 is 0 Å². The second-order valence-electron chi connectivity index (χ2n) is 8.40. The molecule has 0 radical (unpaired) electrons. The second kappa shape index (κ2) is 9.01. The molecule has 2 atom stereocenters. The van der Waals surface area contributed by atoms with Gasteiger partial charge in [0.2, 0.25) is 5.91 Å². The molecule has 1 amide bonds. The van der Waals surface area contributed by atoms with Gasteiger partial charge in [0.1, 0.15) is 5.82 Å². The molecule has 0 unspecified atom stereocenters. The van der Waals surface area contributed by atoms with Crippen LogP contribution >= 0.6 is 0 Å². The number of nitrogens with one attached hydrogen (secondary N) is 1. The fourth-order valence-electron chi connectivity index (χ4n) is 4.21. The molecule has 1 saturated heterocycles. The summed E-state index contributed by atoms with van der Waals surface area (Å²) in [5.41, 5.74) is 4.37. The molecule has 1 aromatic carbocycles. The Morgan fingerprint density at radius 1 is 1.23 bits per heavy atom. The lowest BCUT2D eigenvalue weighted by Crippen LogP contribution is -2.33. The number of hydrogen-bond donors (Lipinski definition) is 1. The van der Waals surface area contributed by atoms with E-state index in [1.54, 1.807) is 0 Å². The smallest absolute Gasteiger partial charge is 0.225 e. The lowest BCUT2D eigenvalue weighted by Gasteiger charge is -2.22. The fourth-order valence-corrected chi connectivity index (χ4v) is 4.21. The van der Waals surface area contributed by atoms with Crippen LogP contribution in [0.15, 0.2) is 30.3 Å². The summed E-state index contributed by atoms with van der Waals surface area (Å²) < 4.78 is 8.08. The number of rotatable bonds is 7. The van der Waals surface area contributed by atoms with Gasteiger partial charge in [-0.15, -0.1) is 0 Å². The summed E-state index contributed by atoms with van der Waals surface area (Å²) in [6.07, 6.45) is 1.02. The molecule has 1 aliphatic rings. The van der Waals surface area contributed by atoms with Crippen LogP contribution in [0.4, 0.5) is 0 Å². The molecule has 2 aromatic heterocycles. The number of benzene rings is 1. The van der Waals surface area contributed by atoms with Crippen molar-refractivity contribution < 1.29 is 9.53 Å². The van der Waals surface area contributed by atoms with Gasteiger partial charge in [0, 0.05) is 31.6 Å². The van der Waals surface area contributed by atoms with Crippen LogP contribution < -0.4 is 0 Å². The van der Waals surface area contributed by atoms with E-state index in [1.165, 1.54) is 5.56 Å². The van der Waals surface area contributed by atoms with E-state index in [9.17, 15) is 4.79 Å². The number of hydrogen-bond acceptors (Lipinski definition) is 5. The molecule has 0 bridgehead atoms. The predicted molar refractivity (Wildman–Crippen MR) is 116 cm³/mol.